The Balaban J connectivity index is 0.00000705. The van der Waals surface area contributed by atoms with Gasteiger partial charge in [-0.15, -0.1) is 24.3 Å². The Hall–Kier alpha value is -5.34. The van der Waals surface area contributed by atoms with Crippen LogP contribution in [-0.4, -0.2) is 49.8 Å². The van der Waals surface area contributed by atoms with E-state index < -0.39 is 49.8 Å². The van der Waals surface area contributed by atoms with Crippen LogP contribution in [0.4, 0.5) is 9.59 Å². The van der Waals surface area contributed by atoms with Crippen molar-refractivity contribution in [3.63, 3.8) is 0 Å². The maximum Gasteiger partial charge on any atom is 0.516 e. The van der Waals surface area contributed by atoms with Crippen LogP contribution in [0.1, 0.15) is 20.7 Å². The fraction of sp³-hybridized carbons (Fsp3) is 0.0667. The number of esters is 4. The second-order valence-electron chi connectivity index (χ2n) is 7.78. The summed E-state index contributed by atoms with van der Waals surface area (Å²) in [5, 5.41) is 0. The maximum absolute atomic E-state index is 12.4. The predicted octanol–water partition coefficient (Wildman–Crippen LogP) is 4.33. The van der Waals surface area contributed by atoms with Gasteiger partial charge in [0.1, 0.15) is 11.5 Å². The third-order valence-electron chi connectivity index (χ3n) is 4.84. The Labute approximate surface area is 280 Å². The number of ether oxygens (including phenoxy) is 8. The minimum absolute atomic E-state index is 0. The second-order valence-corrected chi connectivity index (χ2v) is 7.78. The van der Waals surface area contributed by atoms with Crippen molar-refractivity contribution in [2.45, 2.75) is 0 Å². The SMILES string of the molecule is C=CC(=O)OCOC(=O)Oc1ccc(C(=O)Oc2[c-]cc(OC(=O)c3ccc(OC(=O)OCOC(=O)C=C)cc3)cc2)cc1.[Y]. The average molecular weight is 694 g/mol. The maximum atomic E-state index is 12.4. The van der Waals surface area contributed by atoms with Gasteiger partial charge in [0.05, 0.1) is 11.1 Å². The minimum atomic E-state index is -1.14. The van der Waals surface area contributed by atoms with Crippen molar-refractivity contribution in [3.8, 4) is 23.0 Å². The van der Waals surface area contributed by atoms with Crippen LogP contribution >= 0.6 is 0 Å². The molecule has 0 amide bonds. The fourth-order valence-corrected chi connectivity index (χ4v) is 2.81. The van der Waals surface area contributed by atoms with Gasteiger partial charge in [0, 0.05) is 56.4 Å². The number of carbonyl (C=O) groups is 6. The van der Waals surface area contributed by atoms with E-state index in [4.69, 9.17) is 18.9 Å². The van der Waals surface area contributed by atoms with Crippen molar-refractivity contribution in [1.29, 1.82) is 0 Å². The van der Waals surface area contributed by atoms with E-state index in [0.717, 1.165) is 12.2 Å². The third kappa shape index (κ3) is 12.4. The van der Waals surface area contributed by atoms with E-state index in [0.29, 0.717) is 0 Å². The minimum Gasteiger partial charge on any atom is -0.487 e. The molecule has 15 heteroatoms. The van der Waals surface area contributed by atoms with Crippen LogP contribution in [0.3, 0.4) is 0 Å². The molecule has 0 aliphatic heterocycles. The summed E-state index contributed by atoms with van der Waals surface area (Å²) in [7, 11) is 0. The van der Waals surface area contributed by atoms with E-state index in [1.165, 1.54) is 66.7 Å². The van der Waals surface area contributed by atoms with E-state index in [1.807, 2.05) is 0 Å². The quantitative estimate of drug-likeness (QED) is 0.0654. The molecule has 0 saturated heterocycles. The van der Waals surface area contributed by atoms with Crippen molar-refractivity contribution in [2.24, 2.45) is 0 Å². The molecule has 45 heavy (non-hydrogen) atoms. The summed E-state index contributed by atoms with van der Waals surface area (Å²) in [5.74, 6) is -2.82. The molecule has 229 valence electrons. The Kier molecular flexibility index (Phi) is 14.6. The zero-order valence-electron chi connectivity index (χ0n) is 23.1. The number of hydrogen-bond acceptors (Lipinski definition) is 14. The van der Waals surface area contributed by atoms with Crippen molar-refractivity contribution in [1.82, 2.24) is 0 Å². The van der Waals surface area contributed by atoms with E-state index in [2.05, 4.69) is 38.2 Å². The summed E-state index contributed by atoms with van der Waals surface area (Å²) in [6.07, 6.45) is -0.477. The first-order valence-corrected chi connectivity index (χ1v) is 12.1. The van der Waals surface area contributed by atoms with Gasteiger partial charge in [-0.1, -0.05) is 13.2 Å². The Morgan fingerprint density at radius 2 is 0.978 bits per heavy atom. The molecule has 1 radical (unpaired) electrons. The van der Waals surface area contributed by atoms with Crippen molar-refractivity contribution in [3.05, 3.63) is 109 Å². The molecule has 14 nitrogen and oxygen atoms in total. The van der Waals surface area contributed by atoms with E-state index in [-0.39, 0.29) is 66.8 Å². The molecule has 3 rings (SSSR count). The fourth-order valence-electron chi connectivity index (χ4n) is 2.81. The summed E-state index contributed by atoms with van der Waals surface area (Å²) >= 11 is 0. The summed E-state index contributed by atoms with van der Waals surface area (Å²) in [4.78, 5) is 69.9. The second kappa shape index (κ2) is 18.4. The van der Waals surface area contributed by atoms with Gasteiger partial charge in [-0.3, -0.25) is 0 Å². The smallest absolute Gasteiger partial charge is 0.487 e. The summed E-state index contributed by atoms with van der Waals surface area (Å²) in [6, 6.07) is 17.3. The monoisotopic (exact) mass is 694 g/mol. The first kappa shape index (κ1) is 35.9. The number of rotatable bonds is 12. The summed E-state index contributed by atoms with van der Waals surface area (Å²) < 4.78 is 38.4. The predicted molar refractivity (Wildman–Crippen MR) is 145 cm³/mol. The van der Waals surface area contributed by atoms with Gasteiger partial charge in [0.25, 0.3) is 0 Å². The normalized spacial score (nSPS) is 9.60. The Bertz CT molecular complexity index is 1410. The van der Waals surface area contributed by atoms with E-state index in [1.54, 1.807) is 0 Å². The first-order chi connectivity index (χ1) is 21.2. The molecular formula is C30H21O14Y-. The van der Waals surface area contributed by atoms with Gasteiger partial charge in [0.15, 0.2) is 0 Å². The van der Waals surface area contributed by atoms with E-state index >= 15 is 0 Å². The van der Waals surface area contributed by atoms with Gasteiger partial charge >= 0.3 is 36.2 Å². The molecule has 3 aromatic carbocycles. The summed E-state index contributed by atoms with van der Waals surface area (Å²) in [5.41, 5.74) is 0.240. The standard InChI is InChI=1S/C30H21O14.Y/c1-3-25(31)37-17-39-29(35)43-23-9-5-19(6-10-23)27(33)41-21-13-15-22(16-14-21)42-28(34)20-7-11-24(12-8-20)44-30(36)40-18-38-26(32)4-2;/h3-15H,1-2,17-18H2;/q-1;. The Morgan fingerprint density at radius 1 is 0.556 bits per heavy atom. The molecule has 0 atom stereocenters. The van der Waals surface area contributed by atoms with Crippen LogP contribution in [0.15, 0.2) is 92.0 Å². The molecule has 0 saturated carbocycles. The van der Waals surface area contributed by atoms with Gasteiger partial charge in [-0.2, -0.15) is 0 Å². The van der Waals surface area contributed by atoms with Crippen LogP contribution < -0.4 is 18.9 Å². The number of hydrogen-bond donors (Lipinski definition) is 0. The average Bonchev–Trinajstić information content (AvgIpc) is 3.02. The molecule has 3 aromatic rings. The van der Waals surface area contributed by atoms with Crippen LogP contribution in [0.25, 0.3) is 0 Å². The molecule has 0 aliphatic rings. The largest absolute Gasteiger partial charge is 0.516 e. The van der Waals surface area contributed by atoms with Gasteiger partial charge in [0.2, 0.25) is 13.6 Å². The topological polar surface area (TPSA) is 176 Å². The number of benzene rings is 3. The van der Waals surface area contributed by atoms with Crippen molar-refractivity contribution in [2.75, 3.05) is 13.6 Å². The molecular weight excluding hydrogens is 673 g/mol. The first-order valence-electron chi connectivity index (χ1n) is 12.1. The van der Waals surface area contributed by atoms with Crippen LogP contribution in [0, 0.1) is 6.07 Å². The van der Waals surface area contributed by atoms with Gasteiger partial charge < -0.3 is 37.9 Å². The molecule has 0 unspecified atom stereocenters. The molecule has 0 N–H and O–H groups in total. The molecule has 0 heterocycles. The Morgan fingerprint density at radius 3 is 1.38 bits per heavy atom. The van der Waals surface area contributed by atoms with Gasteiger partial charge in [-0.05, 0) is 48.5 Å². The molecule has 0 bridgehead atoms. The summed E-state index contributed by atoms with van der Waals surface area (Å²) in [6.45, 7) is 5.06. The zero-order chi connectivity index (χ0) is 31.9. The van der Waals surface area contributed by atoms with Crippen LogP contribution in [-0.2, 0) is 61.2 Å². The zero-order valence-corrected chi connectivity index (χ0v) is 26.0. The third-order valence-corrected chi connectivity index (χ3v) is 4.84. The molecule has 0 fully saturated rings. The van der Waals surface area contributed by atoms with Crippen LogP contribution in [0.5, 0.6) is 23.0 Å². The van der Waals surface area contributed by atoms with Gasteiger partial charge in [-0.25, -0.2) is 28.8 Å². The molecule has 0 spiro atoms. The molecule has 0 aromatic heterocycles. The van der Waals surface area contributed by atoms with Crippen molar-refractivity contribution < 1.29 is 99.4 Å². The molecule has 0 aliphatic carbocycles. The van der Waals surface area contributed by atoms with Crippen LogP contribution in [0.2, 0.25) is 0 Å². The number of carbonyl (C=O) groups excluding carboxylic acids is 6. The van der Waals surface area contributed by atoms with Crippen molar-refractivity contribution >= 4 is 36.2 Å². The van der Waals surface area contributed by atoms with E-state index in [9.17, 15) is 28.8 Å².